The van der Waals surface area contributed by atoms with Gasteiger partial charge in [0.1, 0.15) is 0 Å². The molecule has 0 radical (unpaired) electrons. The Hall–Kier alpha value is -1.51. The van der Waals surface area contributed by atoms with Crippen LogP contribution in [0.3, 0.4) is 0 Å². The fraction of sp³-hybridized carbons (Fsp3) is 0.364. The minimum Gasteiger partial charge on any atom is -0.271 e. The largest absolute Gasteiger partial charge is 0.271 e. The van der Waals surface area contributed by atoms with Gasteiger partial charge in [-0.15, -0.1) is 4.91 Å². The molecule has 0 aliphatic carbocycles. The summed E-state index contributed by atoms with van der Waals surface area (Å²) in [6.45, 7) is 0. The standard InChI is InChI=1S/C11H14N2O/c1-12-11(13-14)9-5-8-10-6-3-2-4-7-10/h2-4,6-7H,5,8-9H2,1H3. The van der Waals surface area contributed by atoms with Crippen LogP contribution in [0.4, 0.5) is 0 Å². The second-order valence-corrected chi connectivity index (χ2v) is 3.07. The van der Waals surface area contributed by atoms with Crippen molar-refractivity contribution in [3.63, 3.8) is 0 Å². The van der Waals surface area contributed by atoms with E-state index in [2.05, 4.69) is 22.3 Å². The van der Waals surface area contributed by atoms with Crippen molar-refractivity contribution in [3.8, 4) is 0 Å². The number of aryl methyl sites for hydroxylation is 1. The number of nitrogens with zero attached hydrogens (tertiary/aromatic N) is 2. The summed E-state index contributed by atoms with van der Waals surface area (Å²) in [6.07, 6.45) is 2.55. The van der Waals surface area contributed by atoms with Gasteiger partial charge in [-0.1, -0.05) is 30.3 Å². The molecule has 0 aromatic heterocycles. The smallest absolute Gasteiger partial charge is 0.168 e. The van der Waals surface area contributed by atoms with Crippen molar-refractivity contribution in [3.05, 3.63) is 40.8 Å². The van der Waals surface area contributed by atoms with Crippen LogP contribution in [0.25, 0.3) is 0 Å². The monoisotopic (exact) mass is 190 g/mol. The number of benzene rings is 1. The molecule has 0 aliphatic heterocycles. The summed E-state index contributed by atoms with van der Waals surface area (Å²) in [7, 11) is 1.60. The van der Waals surface area contributed by atoms with Gasteiger partial charge in [-0.2, -0.15) is 0 Å². The average molecular weight is 190 g/mol. The summed E-state index contributed by atoms with van der Waals surface area (Å²) < 4.78 is 0. The van der Waals surface area contributed by atoms with Crippen molar-refractivity contribution in [1.82, 2.24) is 0 Å². The third kappa shape index (κ3) is 3.47. The number of aliphatic imine (C=N–C) groups is 1. The van der Waals surface area contributed by atoms with Crippen LogP contribution in [0.5, 0.6) is 0 Å². The summed E-state index contributed by atoms with van der Waals surface area (Å²) in [6, 6.07) is 10.2. The molecule has 0 saturated heterocycles. The van der Waals surface area contributed by atoms with Crippen molar-refractivity contribution >= 4 is 5.84 Å². The van der Waals surface area contributed by atoms with Crippen molar-refractivity contribution in [2.45, 2.75) is 19.3 Å². The topological polar surface area (TPSA) is 41.8 Å². The molecule has 1 aromatic rings. The van der Waals surface area contributed by atoms with E-state index in [0.717, 1.165) is 12.8 Å². The third-order valence-corrected chi connectivity index (χ3v) is 2.07. The molecule has 3 nitrogen and oxygen atoms in total. The maximum absolute atomic E-state index is 10.2. The van der Waals surface area contributed by atoms with Gasteiger partial charge in [-0.25, -0.2) is 0 Å². The molecule has 1 aromatic carbocycles. The van der Waals surface area contributed by atoms with Gasteiger partial charge in [0.25, 0.3) is 0 Å². The van der Waals surface area contributed by atoms with Gasteiger partial charge in [-0.05, 0) is 23.6 Å². The average Bonchev–Trinajstić information content (AvgIpc) is 2.26. The van der Waals surface area contributed by atoms with Crippen molar-refractivity contribution < 1.29 is 0 Å². The molecular formula is C11H14N2O. The van der Waals surface area contributed by atoms with Crippen LogP contribution in [-0.4, -0.2) is 12.9 Å². The van der Waals surface area contributed by atoms with Crippen molar-refractivity contribution in [1.29, 1.82) is 0 Å². The van der Waals surface area contributed by atoms with Gasteiger partial charge in [0.15, 0.2) is 5.84 Å². The lowest BCUT2D eigenvalue weighted by Gasteiger charge is -1.99. The molecule has 14 heavy (non-hydrogen) atoms. The zero-order valence-corrected chi connectivity index (χ0v) is 8.31. The Bertz CT molecular complexity index is 306. The van der Waals surface area contributed by atoms with Crippen molar-refractivity contribution in [2.24, 2.45) is 10.2 Å². The molecule has 0 fully saturated rings. The first-order valence-corrected chi connectivity index (χ1v) is 4.69. The van der Waals surface area contributed by atoms with Gasteiger partial charge in [0.2, 0.25) is 0 Å². The maximum Gasteiger partial charge on any atom is 0.168 e. The normalized spacial score (nSPS) is 11.4. The van der Waals surface area contributed by atoms with Crippen LogP contribution in [0, 0.1) is 4.91 Å². The Labute approximate surface area is 83.8 Å². The highest BCUT2D eigenvalue weighted by molar-refractivity contribution is 5.82. The predicted octanol–water partition coefficient (Wildman–Crippen LogP) is 2.80. The van der Waals surface area contributed by atoms with E-state index in [-0.39, 0.29) is 0 Å². The van der Waals surface area contributed by atoms with Crippen LogP contribution >= 0.6 is 0 Å². The first kappa shape index (κ1) is 10.6. The Morgan fingerprint density at radius 2 is 2.00 bits per heavy atom. The molecule has 0 amide bonds. The molecule has 1 rings (SSSR count). The molecular weight excluding hydrogens is 176 g/mol. The lowest BCUT2D eigenvalue weighted by Crippen LogP contribution is -1.94. The van der Waals surface area contributed by atoms with E-state index < -0.39 is 0 Å². The number of nitroso groups, excluding NO2 is 1. The van der Waals surface area contributed by atoms with Gasteiger partial charge in [-0.3, -0.25) is 4.99 Å². The summed E-state index contributed by atoms with van der Waals surface area (Å²) in [5, 5.41) is 2.84. The van der Waals surface area contributed by atoms with E-state index in [4.69, 9.17) is 0 Å². The number of hydrogen-bond donors (Lipinski definition) is 0. The highest BCUT2D eigenvalue weighted by Gasteiger charge is 1.98. The second-order valence-electron chi connectivity index (χ2n) is 3.07. The second kappa shape index (κ2) is 6.02. The molecule has 0 heterocycles. The minimum absolute atomic E-state index is 0.404. The lowest BCUT2D eigenvalue weighted by molar-refractivity contribution is 0.859. The Kier molecular flexibility index (Phi) is 4.55. The molecule has 0 bridgehead atoms. The van der Waals surface area contributed by atoms with Gasteiger partial charge < -0.3 is 0 Å². The van der Waals surface area contributed by atoms with Crippen LogP contribution < -0.4 is 0 Å². The fourth-order valence-electron chi connectivity index (χ4n) is 1.29. The van der Waals surface area contributed by atoms with Gasteiger partial charge >= 0.3 is 0 Å². The zero-order chi connectivity index (χ0) is 10.2. The molecule has 0 spiro atoms. The molecule has 74 valence electrons. The third-order valence-electron chi connectivity index (χ3n) is 2.07. The number of rotatable bonds is 4. The Morgan fingerprint density at radius 3 is 2.57 bits per heavy atom. The SMILES string of the molecule is CN=C(CCCc1ccccc1)N=O. The van der Waals surface area contributed by atoms with Crippen LogP contribution in [-0.2, 0) is 6.42 Å². The zero-order valence-electron chi connectivity index (χ0n) is 8.31. The predicted molar refractivity (Wildman–Crippen MR) is 58.5 cm³/mol. The van der Waals surface area contributed by atoms with Crippen LogP contribution in [0.2, 0.25) is 0 Å². The van der Waals surface area contributed by atoms with Gasteiger partial charge in [0.05, 0.1) is 0 Å². The summed E-state index contributed by atoms with van der Waals surface area (Å²) in [5.41, 5.74) is 1.29. The molecule has 0 saturated carbocycles. The number of amidine groups is 1. The first-order valence-electron chi connectivity index (χ1n) is 4.69. The van der Waals surface area contributed by atoms with E-state index in [9.17, 15) is 4.91 Å². The molecule has 3 heteroatoms. The highest BCUT2D eigenvalue weighted by Crippen LogP contribution is 2.05. The van der Waals surface area contributed by atoms with E-state index in [1.165, 1.54) is 5.56 Å². The number of hydrogen-bond acceptors (Lipinski definition) is 2. The van der Waals surface area contributed by atoms with Crippen LogP contribution in [0.1, 0.15) is 18.4 Å². The van der Waals surface area contributed by atoms with E-state index in [0.29, 0.717) is 12.3 Å². The van der Waals surface area contributed by atoms with Gasteiger partial charge in [0, 0.05) is 13.5 Å². The van der Waals surface area contributed by atoms with Crippen molar-refractivity contribution in [2.75, 3.05) is 7.05 Å². The Morgan fingerprint density at radius 1 is 1.29 bits per heavy atom. The molecule has 0 aliphatic rings. The lowest BCUT2D eigenvalue weighted by atomic mass is 10.1. The summed E-state index contributed by atoms with van der Waals surface area (Å²) in [5.74, 6) is 0.404. The molecule has 0 atom stereocenters. The molecule has 0 N–H and O–H groups in total. The van der Waals surface area contributed by atoms with E-state index >= 15 is 0 Å². The first-order chi connectivity index (χ1) is 6.86. The quantitative estimate of drug-likeness (QED) is 0.409. The highest BCUT2D eigenvalue weighted by atomic mass is 16.3. The minimum atomic E-state index is 0.404. The summed E-state index contributed by atoms with van der Waals surface area (Å²) >= 11 is 0. The van der Waals surface area contributed by atoms with E-state index in [1.54, 1.807) is 7.05 Å². The fourth-order valence-corrected chi connectivity index (χ4v) is 1.29. The van der Waals surface area contributed by atoms with E-state index in [1.807, 2.05) is 18.2 Å². The summed E-state index contributed by atoms with van der Waals surface area (Å²) in [4.78, 5) is 14.0. The van der Waals surface area contributed by atoms with Crippen LogP contribution in [0.15, 0.2) is 40.5 Å². The Balaban J connectivity index is 2.32. The maximum atomic E-state index is 10.2. The molecule has 0 unspecified atom stereocenters.